The Morgan fingerprint density at radius 3 is 2.15 bits per heavy atom. The minimum absolute atomic E-state index is 0.0572. The van der Waals surface area contributed by atoms with Crippen LogP contribution in [0, 0.1) is 50.2 Å². The fourth-order valence-electron chi connectivity index (χ4n) is 10.5. The summed E-state index contributed by atoms with van der Waals surface area (Å²) in [6, 6.07) is 0. The van der Waals surface area contributed by atoms with E-state index in [9.17, 15) is 14.7 Å². The lowest BCUT2D eigenvalue weighted by Crippen LogP contribution is -2.66. The van der Waals surface area contributed by atoms with Crippen LogP contribution in [0.2, 0.25) is 0 Å². The summed E-state index contributed by atoms with van der Waals surface area (Å²) < 4.78 is 0. The van der Waals surface area contributed by atoms with Gasteiger partial charge in [-0.25, -0.2) is 0 Å². The van der Waals surface area contributed by atoms with Crippen molar-refractivity contribution < 1.29 is 14.7 Å². The summed E-state index contributed by atoms with van der Waals surface area (Å²) in [4.78, 5) is 25.5. The number of rotatable bonds is 1. The van der Waals surface area contributed by atoms with E-state index in [1.54, 1.807) is 0 Å². The quantitative estimate of drug-likeness (QED) is 0.450. The highest BCUT2D eigenvalue weighted by atomic mass is 16.4. The number of fused-ring (bicyclic) bond motifs is 7. The molecule has 0 N–H and O–H groups in total. The van der Waals surface area contributed by atoms with Crippen molar-refractivity contribution in [2.75, 3.05) is 0 Å². The summed E-state index contributed by atoms with van der Waals surface area (Å²) in [5, 5.41) is 12.6. The molecule has 0 amide bonds. The molecule has 0 spiro atoms. The van der Waals surface area contributed by atoms with E-state index in [1.807, 2.05) is 0 Å². The highest BCUT2D eigenvalue weighted by molar-refractivity contribution is 5.85. The molecular weight excluding hydrogens is 408 g/mol. The Kier molecular flexibility index (Phi) is 4.83. The normalized spacial score (nSPS) is 50.2. The molecule has 4 fully saturated rings. The van der Waals surface area contributed by atoms with E-state index in [-0.39, 0.29) is 27.1 Å². The third kappa shape index (κ3) is 2.80. The lowest BCUT2D eigenvalue weighted by molar-refractivity contribution is -0.321. The molecule has 0 bridgehead atoms. The SMILES string of the molecule is CC1(C)C=C2[C@H]3CC[C@@H]4[C@@]5(C)CCC(=O)C(C)(C)[C@@H]5CC[C@@]4(C)[C@]3(C)CC[C@@]2(C(=O)[O-])CC1. The number of carboxylic acid groups (broad SMARTS) is 1. The first kappa shape index (κ1) is 23.6. The van der Waals surface area contributed by atoms with Gasteiger partial charge in [-0.1, -0.05) is 60.1 Å². The van der Waals surface area contributed by atoms with Crippen LogP contribution < -0.4 is 5.11 Å². The highest BCUT2D eigenvalue weighted by Gasteiger charge is 2.69. The monoisotopic (exact) mass is 453 g/mol. The molecule has 3 heteroatoms. The first-order valence-corrected chi connectivity index (χ1v) is 13.6. The van der Waals surface area contributed by atoms with E-state index in [0.29, 0.717) is 23.5 Å². The van der Waals surface area contributed by atoms with Gasteiger partial charge in [0.2, 0.25) is 0 Å². The molecule has 3 nitrogen and oxygen atoms in total. The minimum atomic E-state index is -0.832. The van der Waals surface area contributed by atoms with Gasteiger partial charge in [-0.2, -0.15) is 0 Å². The molecule has 5 aliphatic rings. The van der Waals surface area contributed by atoms with E-state index in [1.165, 1.54) is 5.57 Å². The van der Waals surface area contributed by atoms with Gasteiger partial charge < -0.3 is 9.90 Å². The van der Waals surface area contributed by atoms with E-state index >= 15 is 0 Å². The summed E-state index contributed by atoms with van der Waals surface area (Å²) in [5.41, 5.74) is 0.787. The second-order valence-electron chi connectivity index (χ2n) is 14.7. The number of ketones is 1. The fraction of sp³-hybridized carbons (Fsp3) is 0.867. The van der Waals surface area contributed by atoms with Gasteiger partial charge in [0.1, 0.15) is 5.78 Å². The summed E-state index contributed by atoms with van der Waals surface area (Å²) in [5.74, 6) is 1.03. The van der Waals surface area contributed by atoms with E-state index in [0.717, 1.165) is 64.2 Å². The third-order valence-electron chi connectivity index (χ3n) is 12.7. The third-order valence-corrected chi connectivity index (χ3v) is 12.7. The van der Waals surface area contributed by atoms with Crippen LogP contribution in [-0.2, 0) is 9.59 Å². The molecule has 5 aliphatic carbocycles. The van der Waals surface area contributed by atoms with Gasteiger partial charge in [0.05, 0.1) is 5.97 Å². The number of carboxylic acids is 1. The molecule has 0 radical (unpaired) electrons. The van der Waals surface area contributed by atoms with Crippen molar-refractivity contribution in [3.05, 3.63) is 11.6 Å². The summed E-state index contributed by atoms with van der Waals surface area (Å²) in [6.45, 7) is 16.5. The zero-order chi connectivity index (χ0) is 24.2. The van der Waals surface area contributed by atoms with Crippen LogP contribution in [0.25, 0.3) is 0 Å². The highest BCUT2D eigenvalue weighted by Crippen LogP contribution is 2.76. The van der Waals surface area contributed by atoms with Crippen LogP contribution in [0.15, 0.2) is 11.6 Å². The molecule has 0 heterocycles. The predicted molar refractivity (Wildman–Crippen MR) is 129 cm³/mol. The molecule has 0 unspecified atom stereocenters. The molecule has 33 heavy (non-hydrogen) atoms. The zero-order valence-electron chi connectivity index (χ0n) is 22.1. The molecule has 0 aromatic carbocycles. The van der Waals surface area contributed by atoms with Crippen molar-refractivity contribution in [3.63, 3.8) is 0 Å². The maximum atomic E-state index is 12.9. The average Bonchev–Trinajstić information content (AvgIpc) is 2.71. The molecule has 0 aliphatic heterocycles. The molecular formula is C30H45O3-. The van der Waals surface area contributed by atoms with Crippen molar-refractivity contribution in [2.45, 2.75) is 113 Å². The Balaban J connectivity index is 1.59. The summed E-state index contributed by atoms with van der Waals surface area (Å²) >= 11 is 0. The largest absolute Gasteiger partial charge is 0.549 e. The van der Waals surface area contributed by atoms with Crippen molar-refractivity contribution >= 4 is 11.8 Å². The first-order valence-electron chi connectivity index (χ1n) is 13.6. The zero-order valence-corrected chi connectivity index (χ0v) is 22.1. The van der Waals surface area contributed by atoms with Gasteiger partial charge in [-0.3, -0.25) is 4.79 Å². The van der Waals surface area contributed by atoms with Crippen LogP contribution in [0.4, 0.5) is 0 Å². The topological polar surface area (TPSA) is 57.2 Å². The van der Waals surface area contributed by atoms with E-state index < -0.39 is 11.4 Å². The van der Waals surface area contributed by atoms with Gasteiger partial charge in [0, 0.05) is 17.3 Å². The lowest BCUT2D eigenvalue weighted by Gasteiger charge is -2.72. The number of aliphatic carboxylic acids is 1. The van der Waals surface area contributed by atoms with Crippen molar-refractivity contribution in [1.82, 2.24) is 0 Å². The lowest BCUT2D eigenvalue weighted by atomic mass is 9.32. The smallest absolute Gasteiger partial charge is 0.138 e. The van der Waals surface area contributed by atoms with Crippen LogP contribution in [0.1, 0.15) is 113 Å². The molecule has 0 aromatic heterocycles. The van der Waals surface area contributed by atoms with Gasteiger partial charge in [0.15, 0.2) is 0 Å². The minimum Gasteiger partial charge on any atom is -0.549 e. The maximum Gasteiger partial charge on any atom is 0.138 e. The number of carbonyl (C=O) groups excluding carboxylic acids is 2. The predicted octanol–water partition coefficient (Wildman–Crippen LogP) is 6.11. The van der Waals surface area contributed by atoms with Gasteiger partial charge in [-0.15, -0.1) is 0 Å². The maximum absolute atomic E-state index is 12.9. The Morgan fingerprint density at radius 1 is 0.818 bits per heavy atom. The van der Waals surface area contributed by atoms with Crippen LogP contribution in [0.5, 0.6) is 0 Å². The fourth-order valence-corrected chi connectivity index (χ4v) is 10.5. The van der Waals surface area contributed by atoms with Crippen molar-refractivity contribution in [3.8, 4) is 0 Å². The standard InChI is InChI=1S/C30H46O3/c1-25(2)14-16-30(24(32)33)17-15-28(6)19(20(30)18-25)8-9-22-27(5)12-11-23(31)26(3,4)21(27)10-13-29(22,28)7/h18-19,21-22H,8-17H2,1-7H3,(H,32,33)/p-1/t19-,21+,22-,27+,28-,29-,30+/m1/s1. The molecule has 0 aromatic rings. The van der Waals surface area contributed by atoms with E-state index in [2.05, 4.69) is 54.5 Å². The number of hydrogen-bond acceptors (Lipinski definition) is 3. The Bertz CT molecular complexity index is 927. The number of allylic oxidation sites excluding steroid dienone is 1. The Morgan fingerprint density at radius 2 is 1.48 bits per heavy atom. The number of Topliss-reactive ketones (excluding diaryl/α,β-unsaturated/α-hetero) is 1. The van der Waals surface area contributed by atoms with Crippen LogP contribution in [-0.4, -0.2) is 11.8 Å². The van der Waals surface area contributed by atoms with Crippen LogP contribution >= 0.6 is 0 Å². The molecule has 4 saturated carbocycles. The summed E-state index contributed by atoms with van der Waals surface area (Å²) in [7, 11) is 0. The average molecular weight is 454 g/mol. The number of carbonyl (C=O) groups is 2. The molecule has 5 rings (SSSR count). The van der Waals surface area contributed by atoms with Crippen molar-refractivity contribution in [2.24, 2.45) is 50.2 Å². The van der Waals surface area contributed by atoms with Crippen LogP contribution in [0.3, 0.4) is 0 Å². The Labute approximate surface area is 201 Å². The van der Waals surface area contributed by atoms with Gasteiger partial charge >= 0.3 is 0 Å². The number of hydrogen-bond donors (Lipinski definition) is 0. The molecule has 184 valence electrons. The summed E-state index contributed by atoms with van der Waals surface area (Å²) in [6.07, 6.45) is 12.0. The molecule has 0 saturated heterocycles. The molecule has 7 atom stereocenters. The van der Waals surface area contributed by atoms with Gasteiger partial charge in [-0.05, 0) is 97.2 Å². The Hall–Kier alpha value is -1.12. The van der Waals surface area contributed by atoms with E-state index in [4.69, 9.17) is 0 Å². The first-order chi connectivity index (χ1) is 15.1. The van der Waals surface area contributed by atoms with Gasteiger partial charge in [0.25, 0.3) is 0 Å². The van der Waals surface area contributed by atoms with Crippen molar-refractivity contribution in [1.29, 1.82) is 0 Å². The second kappa shape index (κ2) is 6.76. The second-order valence-corrected chi connectivity index (χ2v) is 14.7.